The first kappa shape index (κ1) is 23.5. The summed E-state index contributed by atoms with van der Waals surface area (Å²) >= 11 is 6.34. The van der Waals surface area contributed by atoms with E-state index in [9.17, 15) is 0 Å². The van der Waals surface area contributed by atoms with E-state index in [0.717, 1.165) is 68.0 Å². The van der Waals surface area contributed by atoms with Gasteiger partial charge >= 0.3 is 0 Å². The Hall–Kier alpha value is -0.730. The number of hydrogen-bond donors (Lipinski definition) is 1. The van der Waals surface area contributed by atoms with Crippen molar-refractivity contribution in [3.8, 4) is 5.75 Å². The molecule has 7 heteroatoms. The summed E-state index contributed by atoms with van der Waals surface area (Å²) < 4.78 is 11.3. The van der Waals surface area contributed by atoms with E-state index in [1.807, 2.05) is 19.2 Å². The second kappa shape index (κ2) is 10.9. The highest BCUT2D eigenvalue weighted by Gasteiger charge is 2.37. The molecule has 158 valence electrons. The minimum absolute atomic E-state index is 0. The van der Waals surface area contributed by atoms with Gasteiger partial charge in [-0.3, -0.25) is 4.99 Å². The first-order valence-electron chi connectivity index (χ1n) is 9.95. The van der Waals surface area contributed by atoms with Gasteiger partial charge in [0.2, 0.25) is 0 Å². The molecule has 3 rings (SSSR count). The van der Waals surface area contributed by atoms with Crippen LogP contribution in [0.2, 0.25) is 5.02 Å². The van der Waals surface area contributed by atoms with Gasteiger partial charge in [-0.2, -0.15) is 0 Å². The van der Waals surface area contributed by atoms with E-state index in [-0.39, 0.29) is 29.4 Å². The van der Waals surface area contributed by atoms with Gasteiger partial charge < -0.3 is 19.7 Å². The summed E-state index contributed by atoms with van der Waals surface area (Å²) in [5.74, 6) is 2.60. The van der Waals surface area contributed by atoms with Crippen LogP contribution in [0, 0.1) is 5.92 Å². The van der Waals surface area contributed by atoms with E-state index in [1.54, 1.807) is 7.11 Å². The van der Waals surface area contributed by atoms with Crippen LogP contribution < -0.4 is 10.1 Å². The van der Waals surface area contributed by atoms with Crippen molar-refractivity contribution < 1.29 is 9.47 Å². The van der Waals surface area contributed by atoms with Crippen LogP contribution in [-0.4, -0.2) is 57.9 Å². The number of nitrogens with one attached hydrogen (secondary N) is 1. The molecule has 0 spiro atoms. The molecule has 5 nitrogen and oxygen atoms in total. The fraction of sp³-hybridized carbons (Fsp3) is 0.667. The number of hydrogen-bond acceptors (Lipinski definition) is 3. The average molecular weight is 522 g/mol. The number of guanidine groups is 1. The maximum Gasteiger partial charge on any atom is 0.193 e. The third-order valence-corrected chi connectivity index (χ3v) is 6.17. The van der Waals surface area contributed by atoms with Crippen molar-refractivity contribution in [2.24, 2.45) is 10.9 Å². The quantitative estimate of drug-likeness (QED) is 0.364. The van der Waals surface area contributed by atoms with Crippen LogP contribution in [0.3, 0.4) is 0 Å². The van der Waals surface area contributed by atoms with Gasteiger partial charge in [-0.05, 0) is 49.8 Å². The van der Waals surface area contributed by atoms with Crippen molar-refractivity contribution in [3.63, 3.8) is 0 Å². The van der Waals surface area contributed by atoms with Crippen molar-refractivity contribution >= 4 is 41.5 Å². The summed E-state index contributed by atoms with van der Waals surface area (Å²) in [4.78, 5) is 6.94. The zero-order valence-corrected chi connectivity index (χ0v) is 20.3. The van der Waals surface area contributed by atoms with E-state index < -0.39 is 0 Å². The van der Waals surface area contributed by atoms with Gasteiger partial charge in [0.1, 0.15) is 5.75 Å². The van der Waals surface area contributed by atoms with Crippen molar-refractivity contribution in [3.05, 3.63) is 28.8 Å². The summed E-state index contributed by atoms with van der Waals surface area (Å²) in [6.07, 6.45) is 4.39. The molecule has 2 aliphatic rings. The Morgan fingerprint density at radius 1 is 1.39 bits per heavy atom. The molecule has 1 unspecified atom stereocenters. The highest BCUT2D eigenvalue weighted by Crippen LogP contribution is 2.40. The molecule has 0 radical (unpaired) electrons. The lowest BCUT2D eigenvalue weighted by molar-refractivity contribution is 0.0502. The number of nitrogens with zero attached hydrogens (tertiary/aromatic N) is 2. The first-order chi connectivity index (χ1) is 13.1. The van der Waals surface area contributed by atoms with Crippen molar-refractivity contribution in [1.82, 2.24) is 10.2 Å². The Morgan fingerprint density at radius 3 is 2.79 bits per heavy atom. The Bertz CT molecular complexity index is 665. The highest BCUT2D eigenvalue weighted by atomic mass is 127. The summed E-state index contributed by atoms with van der Waals surface area (Å²) in [6, 6.07) is 5.91. The van der Waals surface area contributed by atoms with E-state index in [1.165, 1.54) is 12.8 Å². The van der Waals surface area contributed by atoms with Gasteiger partial charge in [-0.25, -0.2) is 0 Å². The molecule has 0 saturated carbocycles. The summed E-state index contributed by atoms with van der Waals surface area (Å²) in [7, 11) is 3.60. The van der Waals surface area contributed by atoms with E-state index in [2.05, 4.69) is 28.2 Å². The number of rotatable bonds is 4. The topological polar surface area (TPSA) is 46.1 Å². The minimum atomic E-state index is -0.0775. The monoisotopic (exact) mass is 521 g/mol. The van der Waals surface area contributed by atoms with Crippen LogP contribution in [0.5, 0.6) is 5.75 Å². The Morgan fingerprint density at radius 2 is 2.14 bits per heavy atom. The first-order valence-corrected chi connectivity index (χ1v) is 10.3. The normalized spacial score (nSPS) is 22.4. The summed E-state index contributed by atoms with van der Waals surface area (Å²) in [6.45, 7) is 6.74. The van der Waals surface area contributed by atoms with Crippen LogP contribution in [0.15, 0.2) is 23.2 Å². The van der Waals surface area contributed by atoms with E-state index >= 15 is 0 Å². The van der Waals surface area contributed by atoms with Crippen molar-refractivity contribution in [1.29, 1.82) is 0 Å². The molecule has 1 N–H and O–H groups in total. The predicted octanol–water partition coefficient (Wildman–Crippen LogP) is 4.32. The molecular weight excluding hydrogens is 489 g/mol. The molecule has 0 amide bonds. The van der Waals surface area contributed by atoms with Crippen LogP contribution in [0.4, 0.5) is 0 Å². The highest BCUT2D eigenvalue weighted by molar-refractivity contribution is 14.0. The predicted molar refractivity (Wildman–Crippen MR) is 126 cm³/mol. The summed E-state index contributed by atoms with van der Waals surface area (Å²) in [5, 5.41) is 4.40. The van der Waals surface area contributed by atoms with Crippen molar-refractivity contribution in [2.45, 2.75) is 38.0 Å². The molecular formula is C21H33ClIN3O2. The van der Waals surface area contributed by atoms with Gasteiger partial charge in [-0.1, -0.05) is 18.5 Å². The van der Waals surface area contributed by atoms with E-state index in [0.29, 0.717) is 5.92 Å². The van der Waals surface area contributed by atoms with Crippen LogP contribution >= 0.6 is 35.6 Å². The molecule has 2 fully saturated rings. The Kier molecular flexibility index (Phi) is 9.15. The second-order valence-electron chi connectivity index (χ2n) is 7.83. The lowest BCUT2D eigenvalue weighted by atomic mass is 9.73. The fourth-order valence-electron chi connectivity index (χ4n) is 4.36. The maximum absolute atomic E-state index is 6.34. The molecule has 2 saturated heterocycles. The van der Waals surface area contributed by atoms with Crippen LogP contribution in [0.25, 0.3) is 0 Å². The standard InChI is InChI=1S/C21H32ClN3O2.HI/c1-16-5-4-10-25(14-16)20(23-2)24-15-21(8-11-27-12-9-21)18-13-17(22)6-7-19(18)26-3;/h6-7,13,16H,4-5,8-12,14-15H2,1-3H3,(H,23,24);1H. The summed E-state index contributed by atoms with van der Waals surface area (Å²) in [5.41, 5.74) is 1.09. The van der Waals surface area contributed by atoms with Crippen LogP contribution in [-0.2, 0) is 10.2 Å². The molecule has 1 atom stereocenters. The molecule has 1 aromatic rings. The average Bonchev–Trinajstić information content (AvgIpc) is 2.69. The van der Waals surface area contributed by atoms with Gasteiger partial charge in [0.15, 0.2) is 5.96 Å². The van der Waals surface area contributed by atoms with Crippen molar-refractivity contribution in [2.75, 3.05) is 47.0 Å². The van der Waals surface area contributed by atoms with E-state index in [4.69, 9.17) is 21.1 Å². The third-order valence-electron chi connectivity index (χ3n) is 5.94. The zero-order chi connectivity index (χ0) is 19.3. The number of methoxy groups -OCH3 is 1. The molecule has 0 bridgehead atoms. The lowest BCUT2D eigenvalue weighted by Crippen LogP contribution is -2.51. The fourth-order valence-corrected chi connectivity index (χ4v) is 4.53. The molecule has 0 aromatic heterocycles. The lowest BCUT2D eigenvalue weighted by Gasteiger charge is -2.40. The van der Waals surface area contributed by atoms with Gasteiger partial charge in [-0.15, -0.1) is 24.0 Å². The number of likely N-dealkylation sites (tertiary alicyclic amines) is 1. The molecule has 2 heterocycles. The SMILES string of the molecule is CN=C(NCC1(c2cc(Cl)ccc2OC)CCOCC1)N1CCCC(C)C1.I. The Labute approximate surface area is 191 Å². The number of benzene rings is 1. The van der Waals surface area contributed by atoms with Gasteiger partial charge in [0, 0.05) is 55.9 Å². The molecule has 2 aliphatic heterocycles. The zero-order valence-electron chi connectivity index (χ0n) is 17.2. The molecule has 1 aromatic carbocycles. The second-order valence-corrected chi connectivity index (χ2v) is 8.27. The van der Waals surface area contributed by atoms with Gasteiger partial charge in [0.25, 0.3) is 0 Å². The number of aliphatic imine (C=N–C) groups is 1. The maximum atomic E-state index is 6.34. The van der Waals surface area contributed by atoms with Gasteiger partial charge in [0.05, 0.1) is 7.11 Å². The molecule has 28 heavy (non-hydrogen) atoms. The smallest absolute Gasteiger partial charge is 0.193 e. The Balaban J connectivity index is 0.00000280. The largest absolute Gasteiger partial charge is 0.496 e. The van der Waals surface area contributed by atoms with Crippen LogP contribution in [0.1, 0.15) is 38.2 Å². The third kappa shape index (κ3) is 5.45. The molecule has 0 aliphatic carbocycles. The minimum Gasteiger partial charge on any atom is -0.496 e. The number of piperidine rings is 1. The number of halogens is 2. The number of ether oxygens (including phenoxy) is 2.